The molecule has 1 amide bonds. The van der Waals surface area contributed by atoms with Crippen molar-refractivity contribution >= 4 is 17.7 Å². The molecule has 1 N–H and O–H groups in total. The third-order valence-corrected chi connectivity index (χ3v) is 7.56. The molecule has 1 unspecified atom stereocenters. The zero-order valence-corrected chi connectivity index (χ0v) is 21.1. The van der Waals surface area contributed by atoms with Crippen LogP contribution in [0.25, 0.3) is 6.08 Å². The number of rotatable bonds is 5. The number of carbonyl (C=O) groups is 1. The Bertz CT molecular complexity index is 1170. The molecule has 9 heteroatoms. The molecule has 0 radical (unpaired) electrons. The van der Waals surface area contributed by atoms with Gasteiger partial charge in [0.25, 0.3) is 0 Å². The highest BCUT2D eigenvalue weighted by molar-refractivity contribution is 5.90. The first kappa shape index (κ1) is 27.9. The van der Waals surface area contributed by atoms with E-state index in [9.17, 15) is 31.1 Å². The number of hydrogen-bond donors (Lipinski definition) is 1. The Morgan fingerprint density at radius 1 is 0.921 bits per heavy atom. The monoisotopic (exact) mass is 537 g/mol. The van der Waals surface area contributed by atoms with Gasteiger partial charge in [0.1, 0.15) is 7.05 Å². The van der Waals surface area contributed by atoms with E-state index in [4.69, 9.17) is 0 Å². The van der Waals surface area contributed by atoms with Crippen molar-refractivity contribution in [2.45, 2.75) is 69.9 Å². The van der Waals surface area contributed by atoms with Gasteiger partial charge in [0, 0.05) is 38.1 Å². The van der Waals surface area contributed by atoms with Crippen molar-refractivity contribution in [2.75, 3.05) is 7.05 Å². The van der Waals surface area contributed by atoms with Crippen molar-refractivity contribution in [1.29, 1.82) is 0 Å². The van der Waals surface area contributed by atoms with E-state index in [1.54, 1.807) is 0 Å². The Labute approximate surface area is 218 Å². The topological polar surface area (TPSA) is 32.1 Å². The molecule has 2 fully saturated rings. The number of nitrogens with one attached hydrogen (secondary N) is 1. The van der Waals surface area contributed by atoms with Gasteiger partial charge in [-0.05, 0) is 48.6 Å². The summed E-state index contributed by atoms with van der Waals surface area (Å²) in [4.78, 5) is 12.7. The standard InChI is InChI=1S/C29H30F6N2O/c1-37(25-10-7-20(8-11-25)13-19-5-3-2-4-6-19)26-12-9-22(16-26)27(38)36-18-21-14-23(28(30,31)32)17-24(15-21)29(33,34)35/h2-6,13-15,17,22,25H,7-12,16,18H2,1H3/p+1. The van der Waals surface area contributed by atoms with Crippen LogP contribution in [0.5, 0.6) is 0 Å². The molecule has 2 aromatic carbocycles. The minimum atomic E-state index is -4.92. The first-order chi connectivity index (χ1) is 17.9. The number of alkyl halides is 6. The van der Waals surface area contributed by atoms with Crippen molar-refractivity contribution in [2.24, 2.45) is 5.92 Å². The molecule has 0 bridgehead atoms. The first-order valence-electron chi connectivity index (χ1n) is 12.8. The van der Waals surface area contributed by atoms with E-state index in [0.29, 0.717) is 31.0 Å². The third kappa shape index (κ3) is 7.05. The van der Waals surface area contributed by atoms with E-state index in [-0.39, 0.29) is 23.5 Å². The average Bonchev–Trinajstić information content (AvgIpc) is 3.37. The molecule has 2 aliphatic rings. The summed E-state index contributed by atoms with van der Waals surface area (Å²) in [5.41, 5.74) is 0.796. The zero-order chi connectivity index (χ0) is 27.5. The second-order valence-corrected chi connectivity index (χ2v) is 10.2. The Kier molecular flexibility index (Phi) is 8.33. The third-order valence-electron chi connectivity index (χ3n) is 7.56. The van der Waals surface area contributed by atoms with Crippen LogP contribution in [-0.2, 0) is 23.7 Å². The van der Waals surface area contributed by atoms with Crippen LogP contribution in [0.15, 0.2) is 54.1 Å². The van der Waals surface area contributed by atoms with Crippen LogP contribution in [0.1, 0.15) is 67.2 Å². The van der Waals surface area contributed by atoms with Crippen molar-refractivity contribution in [3.05, 3.63) is 76.4 Å². The van der Waals surface area contributed by atoms with Crippen molar-refractivity contribution in [3.63, 3.8) is 0 Å². The molecule has 2 aliphatic carbocycles. The highest BCUT2D eigenvalue weighted by Crippen LogP contribution is 2.36. The molecule has 2 aromatic rings. The van der Waals surface area contributed by atoms with E-state index < -0.39 is 30.0 Å². The van der Waals surface area contributed by atoms with Gasteiger partial charge in [0.2, 0.25) is 5.91 Å². The minimum Gasteiger partial charge on any atom is -0.352 e. The summed E-state index contributed by atoms with van der Waals surface area (Å²) in [7, 11) is 2.05. The summed E-state index contributed by atoms with van der Waals surface area (Å²) in [5, 5.41) is 2.55. The highest BCUT2D eigenvalue weighted by Gasteiger charge is 2.37. The molecule has 0 heterocycles. The average molecular weight is 538 g/mol. The van der Waals surface area contributed by atoms with Crippen LogP contribution in [0.3, 0.4) is 0 Å². The van der Waals surface area contributed by atoms with Gasteiger partial charge < -0.3 is 5.32 Å². The van der Waals surface area contributed by atoms with Crippen LogP contribution >= 0.6 is 0 Å². The van der Waals surface area contributed by atoms with E-state index in [1.807, 2.05) is 25.2 Å². The summed E-state index contributed by atoms with van der Waals surface area (Å²) >= 11 is 0. The molecule has 0 saturated heterocycles. The molecular formula is C29H31F6N2O+. The van der Waals surface area contributed by atoms with E-state index in [0.717, 1.165) is 32.1 Å². The summed E-state index contributed by atoms with van der Waals surface area (Å²) in [6.07, 6.45) is -1.62. The number of carbonyl (C=O) groups excluding carboxylic acids is 1. The van der Waals surface area contributed by atoms with Crippen LogP contribution in [0.4, 0.5) is 26.3 Å². The molecular weight excluding hydrogens is 506 g/mol. The molecule has 2 saturated carbocycles. The summed E-state index contributed by atoms with van der Waals surface area (Å²) in [5.74, 6) is -0.700. The number of allylic oxidation sites excluding steroid dienone is 1. The van der Waals surface area contributed by atoms with Gasteiger partial charge in [-0.25, -0.2) is 4.58 Å². The number of nitrogens with zero attached hydrogens (tertiary/aromatic N) is 1. The first-order valence-corrected chi connectivity index (χ1v) is 12.8. The molecule has 38 heavy (non-hydrogen) atoms. The number of halogens is 6. The van der Waals surface area contributed by atoms with Gasteiger partial charge in [0.15, 0.2) is 11.8 Å². The Morgan fingerprint density at radius 2 is 1.53 bits per heavy atom. The van der Waals surface area contributed by atoms with Gasteiger partial charge in [-0.3, -0.25) is 4.79 Å². The van der Waals surface area contributed by atoms with Crippen molar-refractivity contribution in [3.8, 4) is 0 Å². The quantitative estimate of drug-likeness (QED) is 0.316. The van der Waals surface area contributed by atoms with Crippen LogP contribution < -0.4 is 5.32 Å². The summed E-state index contributed by atoms with van der Waals surface area (Å²) in [6, 6.07) is 12.0. The van der Waals surface area contributed by atoms with Gasteiger partial charge in [0.05, 0.1) is 11.1 Å². The van der Waals surface area contributed by atoms with E-state index in [2.05, 4.69) is 28.1 Å². The maximum Gasteiger partial charge on any atom is 0.416 e. The molecule has 204 valence electrons. The normalized spacial score (nSPS) is 21.8. The molecule has 1 atom stereocenters. The molecule has 3 nitrogen and oxygen atoms in total. The van der Waals surface area contributed by atoms with Crippen LogP contribution in [-0.4, -0.2) is 29.3 Å². The van der Waals surface area contributed by atoms with Crippen molar-refractivity contribution < 1.29 is 35.7 Å². The lowest BCUT2D eigenvalue weighted by Gasteiger charge is -2.22. The lowest BCUT2D eigenvalue weighted by Crippen LogP contribution is -2.32. The smallest absolute Gasteiger partial charge is 0.352 e. The van der Waals surface area contributed by atoms with Gasteiger partial charge in [-0.2, -0.15) is 26.3 Å². The van der Waals surface area contributed by atoms with Gasteiger partial charge >= 0.3 is 12.4 Å². The fourth-order valence-electron chi connectivity index (χ4n) is 5.38. The molecule has 0 aliphatic heterocycles. The van der Waals surface area contributed by atoms with Gasteiger partial charge in [-0.1, -0.05) is 42.0 Å². The maximum atomic E-state index is 13.1. The van der Waals surface area contributed by atoms with E-state index in [1.165, 1.54) is 16.8 Å². The van der Waals surface area contributed by atoms with Crippen LogP contribution in [0, 0.1) is 5.92 Å². The Balaban J connectivity index is 1.34. The summed E-state index contributed by atoms with van der Waals surface area (Å²) in [6.45, 7) is -0.396. The molecule has 0 spiro atoms. The van der Waals surface area contributed by atoms with Gasteiger partial charge in [-0.15, -0.1) is 0 Å². The second-order valence-electron chi connectivity index (χ2n) is 10.2. The lowest BCUT2D eigenvalue weighted by atomic mass is 9.89. The number of benzene rings is 2. The van der Waals surface area contributed by atoms with Crippen LogP contribution in [0.2, 0.25) is 0 Å². The summed E-state index contributed by atoms with van der Waals surface area (Å²) < 4.78 is 80.9. The maximum absolute atomic E-state index is 13.1. The fourth-order valence-corrected chi connectivity index (χ4v) is 5.38. The second kappa shape index (κ2) is 11.3. The Morgan fingerprint density at radius 3 is 2.11 bits per heavy atom. The Hall–Kier alpha value is -3.10. The SMILES string of the molecule is C[N+](=C1CCC(C(=O)NCc2cc(C(F)(F)F)cc(C(F)(F)F)c2)C1)C1CCC(=Cc2ccccc2)CC1. The molecule has 0 aromatic heterocycles. The van der Waals surface area contributed by atoms with E-state index >= 15 is 0 Å². The fraction of sp³-hybridized carbons (Fsp3) is 0.448. The number of hydrogen-bond acceptors (Lipinski definition) is 1. The molecule has 4 rings (SSSR count). The largest absolute Gasteiger partial charge is 0.416 e. The predicted molar refractivity (Wildman–Crippen MR) is 134 cm³/mol. The minimum absolute atomic E-state index is 0.0883. The van der Waals surface area contributed by atoms with Crippen molar-refractivity contribution in [1.82, 2.24) is 5.32 Å². The predicted octanol–water partition coefficient (Wildman–Crippen LogP) is 7.25. The number of amides is 1. The lowest BCUT2D eigenvalue weighted by molar-refractivity contribution is -0.543. The highest BCUT2D eigenvalue weighted by atomic mass is 19.4. The zero-order valence-electron chi connectivity index (χ0n) is 21.1.